The standard InChI is InChI=1S/C13H17BrN2O2/c1-2-9-3-5-10(6-4-9)15-16-13(17)11-7-8-12(14)18-11/h7-9H,2-6H2,1H3,(H,16,17). The Hall–Kier alpha value is -1.10. The Balaban J connectivity index is 1.86. The van der Waals surface area contributed by atoms with Crippen LogP contribution >= 0.6 is 15.9 Å². The normalized spacial score (nSPS) is 19.7. The molecule has 1 aromatic heterocycles. The molecule has 0 saturated heterocycles. The zero-order valence-corrected chi connectivity index (χ0v) is 12.0. The number of furan rings is 1. The van der Waals surface area contributed by atoms with Gasteiger partial charge in [-0.3, -0.25) is 4.79 Å². The summed E-state index contributed by atoms with van der Waals surface area (Å²) >= 11 is 3.16. The smallest absolute Gasteiger partial charge is 0.307 e. The Labute approximate surface area is 115 Å². The SMILES string of the molecule is CCC1CCC(=NNC(=O)c2ccc(Br)o2)CC1. The first-order valence-corrected chi connectivity index (χ1v) is 7.09. The summed E-state index contributed by atoms with van der Waals surface area (Å²) in [4.78, 5) is 11.7. The van der Waals surface area contributed by atoms with Crippen LogP contribution in [0.5, 0.6) is 0 Å². The lowest BCUT2D eigenvalue weighted by Crippen LogP contribution is -2.21. The fraction of sp³-hybridized carbons (Fsp3) is 0.538. The van der Waals surface area contributed by atoms with Gasteiger partial charge in [0.25, 0.3) is 0 Å². The van der Waals surface area contributed by atoms with Crippen molar-refractivity contribution < 1.29 is 9.21 Å². The van der Waals surface area contributed by atoms with Gasteiger partial charge in [0.15, 0.2) is 10.4 Å². The highest BCUT2D eigenvalue weighted by Gasteiger charge is 2.16. The van der Waals surface area contributed by atoms with Crippen molar-refractivity contribution in [2.45, 2.75) is 39.0 Å². The van der Waals surface area contributed by atoms with Crippen molar-refractivity contribution in [2.24, 2.45) is 11.0 Å². The Morgan fingerprint density at radius 1 is 1.50 bits per heavy atom. The minimum absolute atomic E-state index is 0.272. The van der Waals surface area contributed by atoms with Crippen LogP contribution < -0.4 is 5.43 Å². The van der Waals surface area contributed by atoms with Crippen LogP contribution in [0.4, 0.5) is 0 Å². The first-order valence-electron chi connectivity index (χ1n) is 6.30. The van der Waals surface area contributed by atoms with Crippen molar-refractivity contribution in [2.75, 3.05) is 0 Å². The van der Waals surface area contributed by atoms with Crippen LogP contribution in [0.25, 0.3) is 0 Å². The van der Waals surface area contributed by atoms with E-state index in [2.05, 4.69) is 33.4 Å². The van der Waals surface area contributed by atoms with Crippen LogP contribution in [0.15, 0.2) is 26.3 Å². The molecule has 2 rings (SSSR count). The molecule has 0 aliphatic heterocycles. The minimum Gasteiger partial charge on any atom is -0.444 e. The number of nitrogens with zero attached hydrogens (tertiary/aromatic N) is 1. The molecule has 1 aliphatic rings. The van der Waals surface area contributed by atoms with Gasteiger partial charge in [-0.15, -0.1) is 0 Å². The fourth-order valence-electron chi connectivity index (χ4n) is 2.15. The predicted octanol–water partition coefficient (Wildman–Crippen LogP) is 3.73. The summed E-state index contributed by atoms with van der Waals surface area (Å²) in [6.45, 7) is 2.23. The molecule has 1 saturated carbocycles. The maximum atomic E-state index is 11.7. The van der Waals surface area contributed by atoms with Crippen molar-refractivity contribution in [1.29, 1.82) is 0 Å². The Morgan fingerprint density at radius 3 is 2.78 bits per heavy atom. The lowest BCUT2D eigenvalue weighted by molar-refractivity contribution is 0.0925. The zero-order chi connectivity index (χ0) is 13.0. The molecular formula is C13H17BrN2O2. The maximum absolute atomic E-state index is 11.7. The number of halogens is 1. The van der Waals surface area contributed by atoms with E-state index in [-0.39, 0.29) is 11.7 Å². The van der Waals surface area contributed by atoms with Gasteiger partial charge < -0.3 is 4.42 Å². The molecule has 0 bridgehead atoms. The summed E-state index contributed by atoms with van der Waals surface area (Å²) in [6, 6.07) is 3.31. The molecule has 18 heavy (non-hydrogen) atoms. The molecule has 5 heteroatoms. The van der Waals surface area contributed by atoms with Gasteiger partial charge in [-0.2, -0.15) is 5.10 Å². The molecule has 1 aromatic rings. The number of nitrogens with one attached hydrogen (secondary N) is 1. The van der Waals surface area contributed by atoms with Gasteiger partial charge >= 0.3 is 5.91 Å². The lowest BCUT2D eigenvalue weighted by Gasteiger charge is -2.21. The molecule has 1 aliphatic carbocycles. The van der Waals surface area contributed by atoms with Crippen molar-refractivity contribution in [3.05, 3.63) is 22.6 Å². The summed E-state index contributed by atoms with van der Waals surface area (Å²) in [5, 5.41) is 4.18. The second-order valence-corrected chi connectivity index (χ2v) is 5.36. The average molecular weight is 313 g/mol. The molecule has 1 N–H and O–H groups in total. The molecule has 0 radical (unpaired) electrons. The molecular weight excluding hydrogens is 296 g/mol. The molecule has 0 spiro atoms. The Kier molecular flexibility index (Phi) is 4.58. The molecule has 0 unspecified atom stereocenters. The van der Waals surface area contributed by atoms with Gasteiger partial charge in [-0.25, -0.2) is 5.43 Å². The van der Waals surface area contributed by atoms with Crippen molar-refractivity contribution in [3.8, 4) is 0 Å². The van der Waals surface area contributed by atoms with E-state index in [1.165, 1.54) is 19.3 Å². The molecule has 98 valence electrons. The summed E-state index contributed by atoms with van der Waals surface area (Å²) in [5.41, 5.74) is 3.63. The molecule has 1 heterocycles. The second-order valence-electron chi connectivity index (χ2n) is 4.57. The van der Waals surface area contributed by atoms with Crippen molar-refractivity contribution >= 4 is 27.5 Å². The Morgan fingerprint density at radius 2 is 2.22 bits per heavy atom. The molecule has 1 fully saturated rings. The van der Waals surface area contributed by atoms with Gasteiger partial charge in [0.2, 0.25) is 0 Å². The van der Waals surface area contributed by atoms with Crippen molar-refractivity contribution in [1.82, 2.24) is 5.43 Å². The third kappa shape index (κ3) is 3.45. The van der Waals surface area contributed by atoms with Crippen molar-refractivity contribution in [3.63, 3.8) is 0 Å². The topological polar surface area (TPSA) is 54.6 Å². The third-order valence-electron chi connectivity index (χ3n) is 3.37. The molecule has 1 amide bonds. The third-order valence-corrected chi connectivity index (χ3v) is 3.80. The first-order chi connectivity index (χ1) is 8.69. The summed E-state index contributed by atoms with van der Waals surface area (Å²) < 4.78 is 5.70. The van der Waals surface area contributed by atoms with Gasteiger partial charge in [-0.05, 0) is 59.7 Å². The maximum Gasteiger partial charge on any atom is 0.307 e. The zero-order valence-electron chi connectivity index (χ0n) is 10.4. The summed E-state index contributed by atoms with van der Waals surface area (Å²) in [7, 11) is 0. The van der Waals surface area contributed by atoms with E-state index in [1.54, 1.807) is 12.1 Å². The van der Waals surface area contributed by atoms with Crippen LogP contribution in [0.1, 0.15) is 49.6 Å². The van der Waals surface area contributed by atoms with Gasteiger partial charge in [0.1, 0.15) is 0 Å². The van der Waals surface area contributed by atoms with E-state index in [0.29, 0.717) is 4.67 Å². The highest BCUT2D eigenvalue weighted by molar-refractivity contribution is 9.10. The van der Waals surface area contributed by atoms with Crippen LogP contribution in [-0.2, 0) is 0 Å². The molecule has 4 nitrogen and oxygen atoms in total. The van der Waals surface area contributed by atoms with Gasteiger partial charge in [0.05, 0.1) is 0 Å². The fourth-order valence-corrected chi connectivity index (χ4v) is 2.46. The molecule has 0 atom stereocenters. The van der Waals surface area contributed by atoms with Crippen LogP contribution in [0.3, 0.4) is 0 Å². The highest BCUT2D eigenvalue weighted by atomic mass is 79.9. The minimum atomic E-state index is -0.300. The monoisotopic (exact) mass is 312 g/mol. The van der Waals surface area contributed by atoms with Gasteiger partial charge in [0, 0.05) is 5.71 Å². The quantitative estimate of drug-likeness (QED) is 0.865. The number of carbonyl (C=O) groups excluding carboxylic acids is 1. The lowest BCUT2D eigenvalue weighted by atomic mass is 9.86. The van der Waals surface area contributed by atoms with Gasteiger partial charge in [-0.1, -0.05) is 13.3 Å². The largest absolute Gasteiger partial charge is 0.444 e. The number of hydrogen-bond donors (Lipinski definition) is 1. The van der Waals surface area contributed by atoms with E-state index in [4.69, 9.17) is 4.42 Å². The van der Waals surface area contributed by atoms with Crippen LogP contribution in [0.2, 0.25) is 0 Å². The predicted molar refractivity (Wildman–Crippen MR) is 73.6 cm³/mol. The van der Waals surface area contributed by atoms with E-state index in [9.17, 15) is 4.79 Å². The number of carbonyl (C=O) groups is 1. The van der Waals surface area contributed by atoms with E-state index in [1.807, 2.05) is 0 Å². The van der Waals surface area contributed by atoms with E-state index >= 15 is 0 Å². The average Bonchev–Trinajstić information content (AvgIpc) is 2.83. The Bertz CT molecular complexity index is 444. The van der Waals surface area contributed by atoms with E-state index in [0.717, 1.165) is 24.5 Å². The number of amides is 1. The van der Waals surface area contributed by atoms with Crippen LogP contribution in [0, 0.1) is 5.92 Å². The first kappa shape index (κ1) is 13.3. The van der Waals surface area contributed by atoms with Crippen LogP contribution in [-0.4, -0.2) is 11.6 Å². The summed E-state index contributed by atoms with van der Waals surface area (Å²) in [5.74, 6) is 0.792. The molecule has 0 aromatic carbocycles. The van der Waals surface area contributed by atoms with E-state index < -0.39 is 0 Å². The summed E-state index contributed by atoms with van der Waals surface area (Å²) in [6.07, 6.45) is 5.57. The number of hydrazone groups is 1. The number of rotatable bonds is 3. The highest BCUT2D eigenvalue weighted by Crippen LogP contribution is 2.24. The second kappa shape index (κ2) is 6.18. The number of hydrogen-bond acceptors (Lipinski definition) is 3.